The van der Waals surface area contributed by atoms with Crippen molar-refractivity contribution in [2.45, 2.75) is 12.8 Å². The van der Waals surface area contributed by atoms with Gasteiger partial charge in [-0.25, -0.2) is 14.4 Å². The Labute approximate surface area is 213 Å². The van der Waals surface area contributed by atoms with Gasteiger partial charge in [0, 0.05) is 46.5 Å². The van der Waals surface area contributed by atoms with E-state index in [0.717, 1.165) is 52.7 Å². The van der Waals surface area contributed by atoms with Crippen LogP contribution in [0.4, 0.5) is 4.39 Å². The topological polar surface area (TPSA) is 51.1 Å². The Morgan fingerprint density at radius 1 is 0.889 bits per heavy atom. The molecule has 0 bridgehead atoms. The summed E-state index contributed by atoms with van der Waals surface area (Å²) in [5.74, 6) is 0.419. The second-order valence-corrected chi connectivity index (χ2v) is 9.42. The van der Waals surface area contributed by atoms with Gasteiger partial charge in [-0.15, -0.1) is 0 Å². The van der Waals surface area contributed by atoms with E-state index in [1.165, 1.54) is 25.0 Å². The van der Waals surface area contributed by atoms with E-state index in [1.807, 2.05) is 42.6 Å². The second-order valence-electron chi connectivity index (χ2n) is 8.98. The fourth-order valence-corrected chi connectivity index (χ4v) is 5.10. The minimum atomic E-state index is -0.385. The third-order valence-corrected chi connectivity index (χ3v) is 6.96. The largest absolute Gasteiger partial charge is 0.492 e. The summed E-state index contributed by atoms with van der Waals surface area (Å²) >= 11 is 6.19. The summed E-state index contributed by atoms with van der Waals surface area (Å²) in [6.45, 7) is 3.83. The molecular weight excluding hydrogens is 475 g/mol. The van der Waals surface area contributed by atoms with Crippen LogP contribution in [0.15, 0.2) is 73.2 Å². The number of rotatable bonds is 6. The molecule has 1 aliphatic rings. The first-order valence-electron chi connectivity index (χ1n) is 12.1. The molecule has 0 unspecified atom stereocenters. The minimum absolute atomic E-state index is 0.337. The molecule has 0 saturated carbocycles. The van der Waals surface area contributed by atoms with E-state index in [2.05, 4.69) is 19.9 Å². The minimum Gasteiger partial charge on any atom is -0.492 e. The summed E-state index contributed by atoms with van der Waals surface area (Å²) in [6.07, 6.45) is 7.83. The molecule has 0 atom stereocenters. The van der Waals surface area contributed by atoms with Crippen LogP contribution in [0.1, 0.15) is 12.8 Å². The summed E-state index contributed by atoms with van der Waals surface area (Å²) in [7, 11) is 0. The van der Waals surface area contributed by atoms with Gasteiger partial charge in [0.05, 0.1) is 5.69 Å². The van der Waals surface area contributed by atoms with Crippen molar-refractivity contribution in [2.24, 2.45) is 0 Å². The Balaban J connectivity index is 1.46. The van der Waals surface area contributed by atoms with Crippen molar-refractivity contribution in [3.63, 3.8) is 0 Å². The molecular formula is C29H24ClFN4O. The lowest BCUT2D eigenvalue weighted by molar-refractivity contribution is 0.239. The van der Waals surface area contributed by atoms with Gasteiger partial charge >= 0.3 is 0 Å². The Bertz CT molecular complexity index is 1570. The molecule has 5 nitrogen and oxygen atoms in total. The maximum absolute atomic E-state index is 14.8. The summed E-state index contributed by atoms with van der Waals surface area (Å²) in [4.78, 5) is 15.9. The molecule has 0 radical (unpaired) electrons. The van der Waals surface area contributed by atoms with E-state index in [4.69, 9.17) is 16.3 Å². The lowest BCUT2D eigenvalue weighted by Gasteiger charge is -2.17. The molecule has 0 amide bonds. The number of aromatic nitrogens is 3. The monoisotopic (exact) mass is 498 g/mol. The van der Waals surface area contributed by atoms with Crippen molar-refractivity contribution >= 4 is 33.4 Å². The number of likely N-dealkylation sites (tertiary alicyclic amines) is 1. The van der Waals surface area contributed by atoms with Crippen LogP contribution in [0.25, 0.3) is 44.2 Å². The highest BCUT2D eigenvalue weighted by Crippen LogP contribution is 2.39. The van der Waals surface area contributed by atoms with Crippen molar-refractivity contribution in [2.75, 3.05) is 26.2 Å². The van der Waals surface area contributed by atoms with Gasteiger partial charge in [-0.05, 0) is 91.0 Å². The first-order chi connectivity index (χ1) is 17.7. The predicted molar refractivity (Wildman–Crippen MR) is 142 cm³/mol. The highest BCUT2D eigenvalue weighted by Gasteiger charge is 2.17. The Hall–Kier alpha value is -3.61. The number of halogens is 2. The zero-order chi connectivity index (χ0) is 24.5. The number of ether oxygens (including phenoxy) is 1. The molecule has 6 rings (SSSR count). The standard InChI is InChI=1S/C29H24ClFN4O/c30-19-5-7-26(31)24(16-19)27-17-23(22-4-3-10-33-29(22)34-27)20-6-8-28(25-18-32-11-9-21(20)25)36-15-14-35-12-1-2-13-35/h3-11,16-18H,1-2,12-15H2. The highest BCUT2D eigenvalue weighted by atomic mass is 35.5. The highest BCUT2D eigenvalue weighted by molar-refractivity contribution is 6.30. The summed E-state index contributed by atoms with van der Waals surface area (Å²) in [5.41, 5.74) is 3.23. The van der Waals surface area contributed by atoms with E-state index in [9.17, 15) is 4.39 Å². The fraction of sp³-hybridized carbons (Fsp3) is 0.207. The van der Waals surface area contributed by atoms with Crippen LogP contribution in [0.3, 0.4) is 0 Å². The first kappa shape index (κ1) is 22.8. The van der Waals surface area contributed by atoms with E-state index < -0.39 is 0 Å². The van der Waals surface area contributed by atoms with Crippen molar-refractivity contribution in [1.82, 2.24) is 19.9 Å². The average Bonchev–Trinajstić information content (AvgIpc) is 3.43. The zero-order valence-corrected chi connectivity index (χ0v) is 20.4. The van der Waals surface area contributed by atoms with Gasteiger partial charge in [-0.2, -0.15) is 0 Å². The average molecular weight is 499 g/mol. The van der Waals surface area contributed by atoms with Crippen LogP contribution >= 0.6 is 11.6 Å². The summed E-state index contributed by atoms with van der Waals surface area (Å²) < 4.78 is 21.0. The number of nitrogens with zero attached hydrogens (tertiary/aromatic N) is 4. The predicted octanol–water partition coefficient (Wildman–Crippen LogP) is 6.78. The van der Waals surface area contributed by atoms with Crippen LogP contribution in [-0.4, -0.2) is 46.1 Å². The Kier molecular flexibility index (Phi) is 6.21. The smallest absolute Gasteiger partial charge is 0.160 e. The Morgan fingerprint density at radius 3 is 2.67 bits per heavy atom. The molecule has 5 aromatic rings. The van der Waals surface area contributed by atoms with Crippen LogP contribution in [-0.2, 0) is 0 Å². The molecule has 3 aromatic heterocycles. The maximum atomic E-state index is 14.8. The molecule has 1 aliphatic heterocycles. The van der Waals surface area contributed by atoms with E-state index in [-0.39, 0.29) is 5.82 Å². The second kappa shape index (κ2) is 9.80. The Morgan fingerprint density at radius 2 is 1.78 bits per heavy atom. The van der Waals surface area contributed by atoms with Gasteiger partial charge in [0.15, 0.2) is 5.65 Å². The third-order valence-electron chi connectivity index (χ3n) is 6.72. The van der Waals surface area contributed by atoms with Crippen LogP contribution in [0.2, 0.25) is 5.02 Å². The number of benzene rings is 2. The van der Waals surface area contributed by atoms with Crippen molar-refractivity contribution in [3.05, 3.63) is 84.0 Å². The van der Waals surface area contributed by atoms with Gasteiger partial charge in [-0.3, -0.25) is 9.88 Å². The molecule has 2 aromatic carbocycles. The molecule has 1 fully saturated rings. The number of hydrogen-bond acceptors (Lipinski definition) is 5. The number of fused-ring (bicyclic) bond motifs is 2. The van der Waals surface area contributed by atoms with Gasteiger partial charge in [0.2, 0.25) is 0 Å². The van der Waals surface area contributed by atoms with E-state index in [1.54, 1.807) is 18.5 Å². The van der Waals surface area contributed by atoms with Crippen molar-refractivity contribution < 1.29 is 9.13 Å². The van der Waals surface area contributed by atoms with Crippen molar-refractivity contribution in [1.29, 1.82) is 0 Å². The first-order valence-corrected chi connectivity index (χ1v) is 12.5. The molecule has 180 valence electrons. The normalized spacial score (nSPS) is 14.1. The van der Waals surface area contributed by atoms with Gasteiger partial charge in [-0.1, -0.05) is 17.7 Å². The van der Waals surface area contributed by atoms with Crippen LogP contribution in [0, 0.1) is 5.82 Å². The quantitative estimate of drug-likeness (QED) is 0.258. The van der Waals surface area contributed by atoms with E-state index >= 15 is 0 Å². The van der Waals surface area contributed by atoms with E-state index in [0.29, 0.717) is 28.5 Å². The molecule has 1 saturated heterocycles. The summed E-state index contributed by atoms with van der Waals surface area (Å²) in [5, 5.41) is 3.26. The lowest BCUT2D eigenvalue weighted by atomic mass is 9.95. The van der Waals surface area contributed by atoms with Crippen LogP contribution in [0.5, 0.6) is 5.75 Å². The number of hydrogen-bond donors (Lipinski definition) is 0. The molecule has 36 heavy (non-hydrogen) atoms. The molecule has 0 N–H and O–H groups in total. The molecule has 7 heteroatoms. The van der Waals surface area contributed by atoms with Crippen molar-refractivity contribution in [3.8, 4) is 28.1 Å². The van der Waals surface area contributed by atoms with Crippen LogP contribution < -0.4 is 4.74 Å². The van der Waals surface area contributed by atoms with Gasteiger partial charge in [0.1, 0.15) is 18.2 Å². The SMILES string of the molecule is Fc1ccc(Cl)cc1-c1cc(-c2ccc(OCCN3CCCC3)c3cnccc23)c2cccnc2n1. The zero-order valence-electron chi connectivity index (χ0n) is 19.6. The van der Waals surface area contributed by atoms with Gasteiger partial charge < -0.3 is 4.74 Å². The molecule has 4 heterocycles. The molecule has 0 aliphatic carbocycles. The lowest BCUT2D eigenvalue weighted by Crippen LogP contribution is -2.25. The third kappa shape index (κ3) is 4.38. The van der Waals surface area contributed by atoms with Gasteiger partial charge in [0.25, 0.3) is 0 Å². The molecule has 0 spiro atoms. The number of pyridine rings is 3. The fourth-order valence-electron chi connectivity index (χ4n) is 4.93. The maximum Gasteiger partial charge on any atom is 0.160 e. The summed E-state index contributed by atoms with van der Waals surface area (Å²) in [6, 6.07) is 16.3.